The normalized spacial score (nSPS) is 10.0. The van der Waals surface area contributed by atoms with Gasteiger partial charge in [-0.25, -0.2) is 4.85 Å². The molecule has 1 N–H and O–H groups in total. The Kier molecular flexibility index (Phi) is 2.77. The van der Waals surface area contributed by atoms with E-state index in [-0.39, 0.29) is 0 Å². The molecule has 0 aliphatic rings. The van der Waals surface area contributed by atoms with Crippen molar-refractivity contribution in [3.63, 3.8) is 0 Å². The van der Waals surface area contributed by atoms with Crippen molar-refractivity contribution >= 4 is 27.8 Å². The number of hydrogen-bond acceptors (Lipinski definition) is 3. The van der Waals surface area contributed by atoms with Crippen molar-refractivity contribution < 1.29 is 5.21 Å². The zero-order valence-electron chi connectivity index (χ0n) is 5.90. The van der Waals surface area contributed by atoms with Crippen molar-refractivity contribution in [3.05, 3.63) is 33.8 Å². The molecule has 0 aliphatic carbocycles. The van der Waals surface area contributed by atoms with Gasteiger partial charge in [0, 0.05) is 11.8 Å². The highest BCUT2D eigenvalue weighted by atomic mass is 79.9. The molecule has 5 heteroatoms. The molecule has 4 nitrogen and oxygen atoms in total. The summed E-state index contributed by atoms with van der Waals surface area (Å²) in [5.41, 5.74) is 0.985. The molecule has 0 saturated heterocycles. The molecule has 0 saturated carbocycles. The van der Waals surface area contributed by atoms with Crippen LogP contribution in [-0.2, 0) is 0 Å². The molecule has 1 rings (SSSR count). The highest BCUT2D eigenvalue weighted by Crippen LogP contribution is 2.22. The van der Waals surface area contributed by atoms with E-state index in [4.69, 9.17) is 11.8 Å². The fraction of sp³-hybridized carbons (Fsp3) is 0. The van der Waals surface area contributed by atoms with Crippen LogP contribution in [0.5, 0.6) is 0 Å². The summed E-state index contributed by atoms with van der Waals surface area (Å²) in [4.78, 5) is 7.08. The number of halogens is 1. The second-order valence-corrected chi connectivity index (χ2v) is 2.69. The first-order chi connectivity index (χ1) is 5.77. The summed E-state index contributed by atoms with van der Waals surface area (Å²) in [6.45, 7) is 6.76. The van der Waals surface area contributed by atoms with Gasteiger partial charge in [-0.1, -0.05) is 5.16 Å². The lowest BCUT2D eigenvalue weighted by molar-refractivity contribution is 0.322. The summed E-state index contributed by atoms with van der Waals surface area (Å²) in [6, 6.07) is 1.57. The van der Waals surface area contributed by atoms with Gasteiger partial charge in [0.05, 0.1) is 12.8 Å². The van der Waals surface area contributed by atoms with E-state index in [1.807, 2.05) is 0 Å². The van der Waals surface area contributed by atoms with Crippen LogP contribution in [0.15, 0.2) is 22.0 Å². The fourth-order valence-corrected chi connectivity index (χ4v) is 0.973. The highest BCUT2D eigenvalue weighted by Gasteiger charge is 2.00. The molecule has 0 fully saturated rings. The van der Waals surface area contributed by atoms with Gasteiger partial charge in [-0.15, -0.1) is 0 Å². The molecule has 60 valence electrons. The Morgan fingerprint density at radius 2 is 2.50 bits per heavy atom. The molecule has 1 heterocycles. The Bertz CT molecular complexity index is 356. The Balaban J connectivity index is 3.16. The number of nitrogens with zero attached hydrogens (tertiary/aromatic N) is 3. The lowest BCUT2D eigenvalue weighted by atomic mass is 10.3. The van der Waals surface area contributed by atoms with E-state index in [9.17, 15) is 0 Å². The van der Waals surface area contributed by atoms with E-state index in [0.717, 1.165) is 0 Å². The van der Waals surface area contributed by atoms with Crippen molar-refractivity contribution in [3.8, 4) is 0 Å². The first kappa shape index (κ1) is 8.68. The van der Waals surface area contributed by atoms with Crippen LogP contribution < -0.4 is 0 Å². The van der Waals surface area contributed by atoms with Gasteiger partial charge < -0.3 is 5.21 Å². The second-order valence-electron chi connectivity index (χ2n) is 1.93. The number of pyridine rings is 1. The molecule has 0 aromatic carbocycles. The summed E-state index contributed by atoms with van der Waals surface area (Å²) < 4.78 is 0.493. The number of rotatable bonds is 1. The molecular formula is C7H4BrN3O. The van der Waals surface area contributed by atoms with Crippen LogP contribution in [0.4, 0.5) is 5.69 Å². The summed E-state index contributed by atoms with van der Waals surface area (Å²) in [5, 5.41) is 11.0. The highest BCUT2D eigenvalue weighted by molar-refractivity contribution is 9.10. The van der Waals surface area contributed by atoms with Gasteiger partial charge in [0.1, 0.15) is 4.60 Å². The van der Waals surface area contributed by atoms with Crippen molar-refractivity contribution in [2.45, 2.75) is 0 Å². The Hall–Kier alpha value is -1.41. The van der Waals surface area contributed by atoms with Crippen molar-refractivity contribution in [1.82, 2.24) is 4.98 Å². The fourth-order valence-electron chi connectivity index (χ4n) is 0.668. The van der Waals surface area contributed by atoms with Gasteiger partial charge >= 0.3 is 0 Å². The summed E-state index contributed by atoms with van der Waals surface area (Å²) in [6.07, 6.45) is 2.71. The monoisotopic (exact) mass is 225 g/mol. The third-order valence-electron chi connectivity index (χ3n) is 1.17. The average Bonchev–Trinajstić information content (AvgIpc) is 2.09. The smallest absolute Gasteiger partial charge is 0.219 e. The molecule has 0 radical (unpaired) electrons. The zero-order valence-corrected chi connectivity index (χ0v) is 7.48. The first-order valence-electron chi connectivity index (χ1n) is 2.98. The van der Waals surface area contributed by atoms with Crippen molar-refractivity contribution in [2.24, 2.45) is 5.16 Å². The van der Waals surface area contributed by atoms with Crippen LogP contribution in [0.2, 0.25) is 0 Å². The molecule has 12 heavy (non-hydrogen) atoms. The van der Waals surface area contributed by atoms with Gasteiger partial charge in [0.25, 0.3) is 0 Å². The maximum Gasteiger partial charge on any atom is 0.219 e. The van der Waals surface area contributed by atoms with Crippen molar-refractivity contribution in [1.29, 1.82) is 0 Å². The van der Waals surface area contributed by atoms with Crippen LogP contribution in [-0.4, -0.2) is 16.4 Å². The van der Waals surface area contributed by atoms with E-state index in [2.05, 4.69) is 30.9 Å². The maximum atomic E-state index is 8.21. The lowest BCUT2D eigenvalue weighted by Crippen LogP contribution is -1.83. The van der Waals surface area contributed by atoms with Crippen LogP contribution in [0.3, 0.4) is 0 Å². The summed E-state index contributed by atoms with van der Waals surface area (Å²) >= 11 is 3.11. The molecule has 0 amide bonds. The maximum absolute atomic E-state index is 8.21. The molecule has 0 unspecified atom stereocenters. The van der Waals surface area contributed by atoms with Gasteiger partial charge in [-0.05, 0) is 22.0 Å². The molecular weight excluding hydrogens is 222 g/mol. The van der Waals surface area contributed by atoms with Gasteiger partial charge in [0.15, 0.2) is 0 Å². The predicted molar refractivity (Wildman–Crippen MR) is 47.6 cm³/mol. The molecule has 0 spiro atoms. The molecule has 0 bridgehead atoms. The number of hydrogen-bond donors (Lipinski definition) is 1. The van der Waals surface area contributed by atoms with Gasteiger partial charge in [0.2, 0.25) is 5.69 Å². The van der Waals surface area contributed by atoms with Gasteiger partial charge in [-0.3, -0.25) is 4.98 Å². The van der Waals surface area contributed by atoms with Crippen LogP contribution in [0.1, 0.15) is 5.56 Å². The number of oxime groups is 1. The van der Waals surface area contributed by atoms with Gasteiger partial charge in [-0.2, -0.15) is 0 Å². The molecule has 1 aromatic heterocycles. The quantitative estimate of drug-likeness (QED) is 0.262. The zero-order chi connectivity index (χ0) is 8.97. The van der Waals surface area contributed by atoms with E-state index < -0.39 is 0 Å². The van der Waals surface area contributed by atoms with Crippen LogP contribution in [0, 0.1) is 6.57 Å². The van der Waals surface area contributed by atoms with Crippen LogP contribution in [0.25, 0.3) is 4.85 Å². The topological polar surface area (TPSA) is 49.8 Å². The summed E-state index contributed by atoms with van der Waals surface area (Å²) in [5.74, 6) is 0. The van der Waals surface area contributed by atoms with E-state index in [1.165, 1.54) is 12.4 Å². The van der Waals surface area contributed by atoms with E-state index >= 15 is 0 Å². The van der Waals surface area contributed by atoms with E-state index in [0.29, 0.717) is 15.9 Å². The Labute approximate surface area is 77.5 Å². The number of aromatic nitrogens is 1. The standard InChI is InChI=1S/C7H4BrN3O/c1-9-6-2-5(4-11-12)3-10-7(6)8/h2-4,12H/b11-4+. The molecule has 0 aliphatic heterocycles. The molecule has 0 atom stereocenters. The minimum atomic E-state index is 0.396. The van der Waals surface area contributed by atoms with Crippen molar-refractivity contribution in [2.75, 3.05) is 0 Å². The Morgan fingerprint density at radius 1 is 1.75 bits per heavy atom. The third-order valence-corrected chi connectivity index (χ3v) is 1.78. The van der Waals surface area contributed by atoms with E-state index in [1.54, 1.807) is 6.07 Å². The average molecular weight is 226 g/mol. The second kappa shape index (κ2) is 3.83. The summed E-state index contributed by atoms with van der Waals surface area (Å²) in [7, 11) is 0. The molecule has 1 aromatic rings. The minimum Gasteiger partial charge on any atom is -0.411 e. The SMILES string of the molecule is [C-]#[N+]c1cc(/C=N/O)cnc1Br. The third kappa shape index (κ3) is 1.80. The van der Waals surface area contributed by atoms with Crippen LogP contribution >= 0.6 is 15.9 Å². The largest absolute Gasteiger partial charge is 0.411 e. The minimum absolute atomic E-state index is 0.396. The lowest BCUT2D eigenvalue weighted by Gasteiger charge is -1.94. The first-order valence-corrected chi connectivity index (χ1v) is 3.77. The predicted octanol–water partition coefficient (Wildman–Crippen LogP) is 2.20. The Morgan fingerprint density at radius 3 is 3.08 bits per heavy atom.